The summed E-state index contributed by atoms with van der Waals surface area (Å²) in [5.74, 6) is 2.20. The minimum atomic E-state index is -0.440. The van der Waals surface area contributed by atoms with E-state index in [1.165, 1.54) is 0 Å². The van der Waals surface area contributed by atoms with Crippen LogP contribution in [0, 0.1) is 13.8 Å². The van der Waals surface area contributed by atoms with Crippen molar-refractivity contribution >= 4 is 29.3 Å². The fourth-order valence-corrected chi connectivity index (χ4v) is 5.09. The van der Waals surface area contributed by atoms with Gasteiger partial charge in [0.25, 0.3) is 5.91 Å². The van der Waals surface area contributed by atoms with Gasteiger partial charge in [0.2, 0.25) is 11.1 Å². The van der Waals surface area contributed by atoms with E-state index < -0.39 is 6.04 Å². The fourth-order valence-electron chi connectivity index (χ4n) is 4.17. The van der Waals surface area contributed by atoms with E-state index in [2.05, 4.69) is 24.5 Å². The molecule has 7 nitrogen and oxygen atoms in total. The minimum absolute atomic E-state index is 0.167. The lowest BCUT2D eigenvalue weighted by Crippen LogP contribution is -2.31. The molecule has 8 heteroatoms. The number of ether oxygens (including phenoxy) is 1. The number of amides is 1. The number of carbonyl (C=O) groups is 1. The van der Waals surface area contributed by atoms with Gasteiger partial charge in [0.15, 0.2) is 0 Å². The predicted octanol–water partition coefficient (Wildman–Crippen LogP) is 6.50. The van der Waals surface area contributed by atoms with Gasteiger partial charge in [-0.1, -0.05) is 56.3 Å². The standard InChI is InChI=1S/C28H35N5O2S/c1-6-8-16-36-28-31-27-29-20(5)24(26(34)30-23-14-9-11-18(3)19(23)4)25(33(27)32-28)21-12-10-13-22(17-21)35-15-7-2/h9-14,17,25H,6-8,15-16H2,1-5H3,(H,30,34)(H,29,31,32). The molecule has 0 radical (unpaired) electrons. The first-order chi connectivity index (χ1) is 17.4. The van der Waals surface area contributed by atoms with Crippen LogP contribution in [0.3, 0.4) is 0 Å². The maximum atomic E-state index is 13.8. The quantitative estimate of drug-likeness (QED) is 0.242. The summed E-state index contributed by atoms with van der Waals surface area (Å²) in [7, 11) is 0. The lowest BCUT2D eigenvalue weighted by atomic mass is 9.94. The number of aryl methyl sites for hydroxylation is 1. The Balaban J connectivity index is 1.74. The van der Waals surface area contributed by atoms with Crippen molar-refractivity contribution in [2.24, 2.45) is 0 Å². The van der Waals surface area contributed by atoms with Crippen LogP contribution in [0.15, 0.2) is 58.9 Å². The van der Waals surface area contributed by atoms with Gasteiger partial charge in [-0.05, 0) is 68.5 Å². The summed E-state index contributed by atoms with van der Waals surface area (Å²) in [6.45, 7) is 10.9. The molecular formula is C28H35N5O2S. The molecule has 0 saturated heterocycles. The summed E-state index contributed by atoms with van der Waals surface area (Å²) in [6.07, 6.45) is 3.14. The molecule has 0 bridgehead atoms. The van der Waals surface area contributed by atoms with Crippen LogP contribution in [-0.4, -0.2) is 33.0 Å². The number of nitrogens with one attached hydrogen (secondary N) is 2. The van der Waals surface area contributed by atoms with Gasteiger partial charge in [0.1, 0.15) is 11.8 Å². The van der Waals surface area contributed by atoms with Gasteiger partial charge >= 0.3 is 0 Å². The largest absolute Gasteiger partial charge is 0.494 e. The van der Waals surface area contributed by atoms with Crippen molar-refractivity contribution < 1.29 is 9.53 Å². The Hall–Kier alpha value is -3.26. The molecule has 1 amide bonds. The number of nitrogens with zero attached hydrogens (tertiary/aromatic N) is 3. The van der Waals surface area contributed by atoms with Crippen LogP contribution < -0.4 is 15.4 Å². The third kappa shape index (κ3) is 5.59. The molecule has 0 saturated carbocycles. The Morgan fingerprint density at radius 1 is 1.14 bits per heavy atom. The number of unbranched alkanes of at least 4 members (excludes halogenated alkanes) is 1. The topological polar surface area (TPSA) is 81.1 Å². The summed E-state index contributed by atoms with van der Waals surface area (Å²) in [4.78, 5) is 18.5. The lowest BCUT2D eigenvalue weighted by molar-refractivity contribution is -0.113. The normalized spacial score (nSPS) is 14.9. The number of carbonyl (C=O) groups excluding carboxylic acids is 1. The second-order valence-corrected chi connectivity index (χ2v) is 10.1. The summed E-state index contributed by atoms with van der Waals surface area (Å²) in [5.41, 5.74) is 5.27. The van der Waals surface area contributed by atoms with Crippen molar-refractivity contribution in [2.45, 2.75) is 65.1 Å². The fraction of sp³-hybridized carbons (Fsp3) is 0.393. The van der Waals surface area contributed by atoms with Crippen LogP contribution in [0.4, 0.5) is 11.6 Å². The van der Waals surface area contributed by atoms with Gasteiger partial charge < -0.3 is 15.4 Å². The Morgan fingerprint density at radius 2 is 1.94 bits per heavy atom. The Morgan fingerprint density at radius 3 is 2.72 bits per heavy atom. The highest BCUT2D eigenvalue weighted by Crippen LogP contribution is 2.38. The second kappa shape index (κ2) is 11.6. The van der Waals surface area contributed by atoms with Gasteiger partial charge in [-0.3, -0.25) is 4.79 Å². The molecule has 1 aliphatic rings. The van der Waals surface area contributed by atoms with Gasteiger partial charge in [0.05, 0.1) is 12.2 Å². The monoisotopic (exact) mass is 505 g/mol. The highest BCUT2D eigenvalue weighted by atomic mass is 32.2. The number of aromatic nitrogens is 3. The van der Waals surface area contributed by atoms with Crippen molar-refractivity contribution in [1.82, 2.24) is 14.8 Å². The summed E-state index contributed by atoms with van der Waals surface area (Å²) >= 11 is 1.64. The molecule has 2 N–H and O–H groups in total. The molecule has 0 fully saturated rings. The van der Waals surface area contributed by atoms with Crippen LogP contribution in [0.2, 0.25) is 0 Å². The molecule has 1 atom stereocenters. The van der Waals surface area contributed by atoms with Gasteiger partial charge in [-0.25, -0.2) is 4.68 Å². The SMILES string of the molecule is CCCCSc1nc2n(n1)C(c1cccc(OCCC)c1)C(C(=O)Nc1cccc(C)c1C)=C(C)N2. The van der Waals surface area contributed by atoms with E-state index >= 15 is 0 Å². The number of hydrogen-bond donors (Lipinski definition) is 2. The van der Waals surface area contributed by atoms with E-state index in [0.29, 0.717) is 23.3 Å². The maximum absolute atomic E-state index is 13.8. The molecule has 0 spiro atoms. The zero-order valence-electron chi connectivity index (χ0n) is 21.7. The average molecular weight is 506 g/mol. The number of hydrogen-bond acceptors (Lipinski definition) is 6. The minimum Gasteiger partial charge on any atom is -0.494 e. The van der Waals surface area contributed by atoms with Crippen molar-refractivity contribution in [2.75, 3.05) is 23.0 Å². The number of fused-ring (bicyclic) bond motifs is 1. The van der Waals surface area contributed by atoms with E-state index in [4.69, 9.17) is 14.8 Å². The average Bonchev–Trinajstić information content (AvgIpc) is 3.27. The van der Waals surface area contributed by atoms with Crippen molar-refractivity contribution in [3.63, 3.8) is 0 Å². The molecule has 4 rings (SSSR count). The van der Waals surface area contributed by atoms with Crippen LogP contribution in [0.5, 0.6) is 5.75 Å². The van der Waals surface area contributed by atoms with Crippen molar-refractivity contribution in [3.05, 3.63) is 70.4 Å². The van der Waals surface area contributed by atoms with Crippen LogP contribution in [0.25, 0.3) is 0 Å². The van der Waals surface area contributed by atoms with Crippen LogP contribution >= 0.6 is 11.8 Å². The molecule has 190 valence electrons. The van der Waals surface area contributed by atoms with Gasteiger partial charge in [0, 0.05) is 17.1 Å². The van der Waals surface area contributed by atoms with Gasteiger partial charge in [-0.2, -0.15) is 4.98 Å². The van der Waals surface area contributed by atoms with Crippen molar-refractivity contribution in [3.8, 4) is 5.75 Å². The van der Waals surface area contributed by atoms with Gasteiger partial charge in [-0.15, -0.1) is 5.10 Å². The van der Waals surface area contributed by atoms with Crippen LogP contribution in [0.1, 0.15) is 62.8 Å². The third-order valence-electron chi connectivity index (χ3n) is 6.31. The first-order valence-electron chi connectivity index (χ1n) is 12.6. The molecule has 1 aliphatic heterocycles. The zero-order valence-corrected chi connectivity index (χ0v) is 22.5. The lowest BCUT2D eigenvalue weighted by Gasteiger charge is -2.29. The smallest absolute Gasteiger partial charge is 0.255 e. The van der Waals surface area contributed by atoms with E-state index in [0.717, 1.165) is 58.8 Å². The third-order valence-corrected chi connectivity index (χ3v) is 7.23. The van der Waals surface area contributed by atoms with Crippen molar-refractivity contribution in [1.29, 1.82) is 0 Å². The molecule has 0 aliphatic carbocycles. The highest BCUT2D eigenvalue weighted by molar-refractivity contribution is 7.99. The van der Waals surface area contributed by atoms with E-state index in [-0.39, 0.29) is 5.91 Å². The second-order valence-electron chi connectivity index (χ2n) is 9.05. The number of thioether (sulfide) groups is 1. The molecule has 2 aromatic carbocycles. The van der Waals surface area contributed by atoms with E-state index in [1.54, 1.807) is 11.8 Å². The highest BCUT2D eigenvalue weighted by Gasteiger charge is 2.34. The Kier molecular flexibility index (Phi) is 8.36. The molecule has 1 unspecified atom stereocenters. The molecule has 36 heavy (non-hydrogen) atoms. The summed E-state index contributed by atoms with van der Waals surface area (Å²) < 4.78 is 7.74. The predicted molar refractivity (Wildman–Crippen MR) is 147 cm³/mol. The van der Waals surface area contributed by atoms with Crippen LogP contribution in [-0.2, 0) is 4.79 Å². The zero-order chi connectivity index (χ0) is 25.7. The summed E-state index contributed by atoms with van der Waals surface area (Å²) in [6, 6.07) is 13.4. The maximum Gasteiger partial charge on any atom is 0.255 e. The first kappa shape index (κ1) is 25.8. The molecule has 1 aromatic heterocycles. The van der Waals surface area contributed by atoms with E-state index in [9.17, 15) is 4.79 Å². The van der Waals surface area contributed by atoms with E-state index in [1.807, 2.05) is 67.9 Å². The number of allylic oxidation sites excluding steroid dienone is 1. The Bertz CT molecular complexity index is 1270. The number of benzene rings is 2. The number of anilines is 2. The molecule has 2 heterocycles. The molecular weight excluding hydrogens is 470 g/mol. The Labute approximate surface area is 217 Å². The first-order valence-corrected chi connectivity index (χ1v) is 13.6. The number of rotatable bonds is 10. The molecule has 3 aromatic rings. The summed E-state index contributed by atoms with van der Waals surface area (Å²) in [5, 5.41) is 12.0.